The Morgan fingerprint density at radius 1 is 1.29 bits per heavy atom. The number of hydrogen-bond acceptors (Lipinski definition) is 4. The lowest BCUT2D eigenvalue weighted by Gasteiger charge is -2.19. The Hall–Kier alpha value is -1.88. The molecule has 0 amide bonds. The van der Waals surface area contributed by atoms with E-state index in [2.05, 4.69) is 42.2 Å². The molecular formula is C16H24N4O. The quantitative estimate of drug-likeness (QED) is 0.888. The van der Waals surface area contributed by atoms with Gasteiger partial charge in [-0.05, 0) is 26.1 Å². The van der Waals surface area contributed by atoms with Gasteiger partial charge in [-0.3, -0.25) is 0 Å². The van der Waals surface area contributed by atoms with Crippen LogP contribution in [0.5, 0.6) is 5.75 Å². The van der Waals surface area contributed by atoms with Crippen LogP contribution in [-0.4, -0.2) is 28.9 Å². The molecule has 0 aliphatic rings. The van der Waals surface area contributed by atoms with Crippen LogP contribution in [0.2, 0.25) is 0 Å². The lowest BCUT2D eigenvalue weighted by molar-refractivity contribution is 0.403. The van der Waals surface area contributed by atoms with Crippen LogP contribution in [0, 0.1) is 0 Å². The number of rotatable bonds is 6. The average molecular weight is 288 g/mol. The molecule has 1 aromatic heterocycles. The van der Waals surface area contributed by atoms with Gasteiger partial charge in [0.2, 0.25) is 0 Å². The molecule has 0 aliphatic heterocycles. The number of methoxy groups -OCH3 is 1. The highest BCUT2D eigenvalue weighted by atomic mass is 16.5. The van der Waals surface area contributed by atoms with Crippen LogP contribution in [0.25, 0.3) is 5.69 Å². The molecule has 0 saturated heterocycles. The molecule has 1 unspecified atom stereocenters. The molecule has 1 N–H and O–H groups in total. The van der Waals surface area contributed by atoms with Gasteiger partial charge in [-0.15, -0.1) is 0 Å². The van der Waals surface area contributed by atoms with Crippen molar-refractivity contribution in [2.75, 3.05) is 14.2 Å². The maximum atomic E-state index is 5.54. The van der Waals surface area contributed by atoms with Gasteiger partial charge in [-0.25, -0.2) is 9.67 Å². The van der Waals surface area contributed by atoms with E-state index >= 15 is 0 Å². The molecular weight excluding hydrogens is 264 g/mol. The molecule has 0 radical (unpaired) electrons. The Morgan fingerprint density at radius 2 is 2.05 bits per heavy atom. The zero-order chi connectivity index (χ0) is 15.4. The summed E-state index contributed by atoms with van der Waals surface area (Å²) in [4.78, 5) is 4.60. The summed E-state index contributed by atoms with van der Waals surface area (Å²) < 4.78 is 7.48. The summed E-state index contributed by atoms with van der Waals surface area (Å²) in [7, 11) is 3.64. The first kappa shape index (κ1) is 15.5. The molecule has 1 atom stereocenters. The van der Waals surface area contributed by atoms with Gasteiger partial charge in [0.05, 0.1) is 12.8 Å². The molecule has 5 heteroatoms. The number of ether oxygens (including phenoxy) is 1. The van der Waals surface area contributed by atoms with Crippen LogP contribution in [0.3, 0.4) is 0 Å². The van der Waals surface area contributed by atoms with Gasteiger partial charge in [0.15, 0.2) is 5.82 Å². The Bertz CT molecular complexity index is 606. The van der Waals surface area contributed by atoms with Crippen LogP contribution in [0.15, 0.2) is 18.2 Å². The van der Waals surface area contributed by atoms with Gasteiger partial charge in [0, 0.05) is 24.4 Å². The van der Waals surface area contributed by atoms with Crippen molar-refractivity contribution in [2.24, 2.45) is 0 Å². The summed E-state index contributed by atoms with van der Waals surface area (Å²) in [6.45, 7) is 6.29. The molecule has 0 bridgehead atoms. The summed E-state index contributed by atoms with van der Waals surface area (Å²) in [5.74, 6) is 2.72. The normalized spacial score (nSPS) is 12.4. The molecule has 2 aromatic rings. The van der Waals surface area contributed by atoms with Gasteiger partial charge in [-0.2, -0.15) is 5.10 Å². The Balaban J connectivity index is 2.65. The van der Waals surface area contributed by atoms with Crippen LogP contribution < -0.4 is 10.1 Å². The second-order valence-electron chi connectivity index (χ2n) is 4.97. The summed E-state index contributed by atoms with van der Waals surface area (Å²) in [5, 5.41) is 7.93. The summed E-state index contributed by atoms with van der Waals surface area (Å²) in [6.07, 6.45) is 1.68. The average Bonchev–Trinajstić information content (AvgIpc) is 2.96. The lowest BCUT2D eigenvalue weighted by atomic mass is 10.0. The van der Waals surface area contributed by atoms with Crippen molar-refractivity contribution in [1.82, 2.24) is 20.1 Å². The lowest BCUT2D eigenvalue weighted by Crippen LogP contribution is -2.17. The number of aryl methyl sites for hydroxylation is 2. The first-order valence-electron chi connectivity index (χ1n) is 7.45. The maximum absolute atomic E-state index is 5.54. The first-order valence-corrected chi connectivity index (χ1v) is 7.45. The van der Waals surface area contributed by atoms with Crippen LogP contribution in [-0.2, 0) is 12.8 Å². The van der Waals surface area contributed by atoms with E-state index in [4.69, 9.17) is 4.74 Å². The highest BCUT2D eigenvalue weighted by molar-refractivity contribution is 5.51. The van der Waals surface area contributed by atoms with Gasteiger partial charge in [-0.1, -0.05) is 19.9 Å². The fourth-order valence-corrected chi connectivity index (χ4v) is 2.44. The van der Waals surface area contributed by atoms with E-state index in [1.165, 1.54) is 0 Å². The molecule has 0 spiro atoms. The highest BCUT2D eigenvalue weighted by Gasteiger charge is 2.19. The third-order valence-electron chi connectivity index (χ3n) is 3.71. The third kappa shape index (κ3) is 2.93. The Labute approximate surface area is 126 Å². The molecule has 0 aliphatic carbocycles. The predicted molar refractivity (Wildman–Crippen MR) is 84.1 cm³/mol. The number of nitrogens with zero attached hydrogens (tertiary/aromatic N) is 3. The third-order valence-corrected chi connectivity index (χ3v) is 3.71. The molecule has 5 nitrogen and oxygen atoms in total. The van der Waals surface area contributed by atoms with E-state index in [1.807, 2.05) is 23.9 Å². The molecule has 2 rings (SSSR count). The second-order valence-corrected chi connectivity index (χ2v) is 4.97. The van der Waals surface area contributed by atoms with Crippen molar-refractivity contribution in [2.45, 2.75) is 39.7 Å². The summed E-state index contributed by atoms with van der Waals surface area (Å²) in [6, 6.07) is 6.21. The SMILES string of the molecule is CCc1nc(CC)n(-c2cccc(OC)c2C(C)NC)n1. The number of benzene rings is 1. The second kappa shape index (κ2) is 6.72. The minimum Gasteiger partial charge on any atom is -0.496 e. The van der Waals surface area contributed by atoms with Crippen molar-refractivity contribution in [3.05, 3.63) is 35.4 Å². The van der Waals surface area contributed by atoms with Crippen molar-refractivity contribution < 1.29 is 4.74 Å². The monoisotopic (exact) mass is 288 g/mol. The number of aromatic nitrogens is 3. The standard InChI is InChI=1S/C16H24N4O/c1-6-14-18-15(7-2)20(19-14)12-9-8-10-13(21-5)16(12)11(3)17-4/h8-11,17H,6-7H2,1-5H3. The van der Waals surface area contributed by atoms with Crippen LogP contribution >= 0.6 is 0 Å². The Kier molecular flexibility index (Phi) is 4.96. The summed E-state index contributed by atoms with van der Waals surface area (Å²) >= 11 is 0. The van der Waals surface area contributed by atoms with Crippen molar-refractivity contribution >= 4 is 0 Å². The molecule has 21 heavy (non-hydrogen) atoms. The van der Waals surface area contributed by atoms with E-state index in [-0.39, 0.29) is 6.04 Å². The van der Waals surface area contributed by atoms with E-state index in [0.29, 0.717) is 0 Å². The zero-order valence-electron chi connectivity index (χ0n) is 13.5. The van der Waals surface area contributed by atoms with Crippen molar-refractivity contribution in [1.29, 1.82) is 0 Å². The van der Waals surface area contributed by atoms with Crippen LogP contribution in [0.4, 0.5) is 0 Å². The molecule has 114 valence electrons. The smallest absolute Gasteiger partial charge is 0.151 e. The maximum Gasteiger partial charge on any atom is 0.151 e. The molecule has 1 aromatic carbocycles. The minimum atomic E-state index is 0.162. The fourth-order valence-electron chi connectivity index (χ4n) is 2.44. The van der Waals surface area contributed by atoms with Crippen molar-refractivity contribution in [3.8, 4) is 11.4 Å². The number of hydrogen-bond donors (Lipinski definition) is 1. The summed E-state index contributed by atoms with van der Waals surface area (Å²) in [5.41, 5.74) is 2.13. The highest BCUT2D eigenvalue weighted by Crippen LogP contribution is 2.31. The minimum absolute atomic E-state index is 0.162. The van der Waals surface area contributed by atoms with Gasteiger partial charge in [0.25, 0.3) is 0 Å². The predicted octanol–water partition coefficient (Wildman–Crippen LogP) is 2.68. The van der Waals surface area contributed by atoms with E-state index in [0.717, 1.165) is 41.5 Å². The topological polar surface area (TPSA) is 52.0 Å². The molecule has 0 saturated carbocycles. The molecule has 1 heterocycles. The fraction of sp³-hybridized carbons (Fsp3) is 0.500. The Morgan fingerprint density at radius 3 is 2.62 bits per heavy atom. The number of nitrogens with one attached hydrogen (secondary N) is 1. The van der Waals surface area contributed by atoms with E-state index in [1.54, 1.807) is 7.11 Å². The van der Waals surface area contributed by atoms with E-state index in [9.17, 15) is 0 Å². The zero-order valence-corrected chi connectivity index (χ0v) is 13.5. The van der Waals surface area contributed by atoms with Gasteiger partial charge in [0.1, 0.15) is 11.6 Å². The largest absolute Gasteiger partial charge is 0.496 e. The van der Waals surface area contributed by atoms with Crippen LogP contribution in [0.1, 0.15) is 44.0 Å². The van der Waals surface area contributed by atoms with Gasteiger partial charge < -0.3 is 10.1 Å². The van der Waals surface area contributed by atoms with Crippen molar-refractivity contribution in [3.63, 3.8) is 0 Å². The first-order chi connectivity index (χ1) is 10.2. The van der Waals surface area contributed by atoms with Gasteiger partial charge >= 0.3 is 0 Å². The van der Waals surface area contributed by atoms with E-state index < -0.39 is 0 Å². The molecule has 0 fully saturated rings.